The van der Waals surface area contributed by atoms with Crippen LogP contribution in [0.25, 0.3) is 0 Å². The SMILES string of the molecule is CCOc1c(Cl)cc(C(=O)N[C@H]2CCC[C@@H](C)[C@@H]2C)cc1OC. The molecule has 1 saturated carbocycles. The van der Waals surface area contributed by atoms with Gasteiger partial charge in [0.25, 0.3) is 5.91 Å². The largest absolute Gasteiger partial charge is 0.493 e. The Balaban J connectivity index is 2.17. The van der Waals surface area contributed by atoms with E-state index in [1.54, 1.807) is 19.2 Å². The number of amides is 1. The van der Waals surface area contributed by atoms with Gasteiger partial charge in [0, 0.05) is 11.6 Å². The van der Waals surface area contributed by atoms with Gasteiger partial charge in [-0.05, 0) is 37.3 Å². The zero-order valence-electron chi connectivity index (χ0n) is 14.3. The van der Waals surface area contributed by atoms with E-state index in [4.69, 9.17) is 21.1 Å². The molecule has 0 saturated heterocycles. The lowest BCUT2D eigenvalue weighted by atomic mass is 9.78. The molecule has 1 aliphatic rings. The highest BCUT2D eigenvalue weighted by Gasteiger charge is 2.28. The highest BCUT2D eigenvalue weighted by atomic mass is 35.5. The van der Waals surface area contributed by atoms with Crippen molar-refractivity contribution in [3.05, 3.63) is 22.7 Å². The van der Waals surface area contributed by atoms with Crippen LogP contribution in [-0.2, 0) is 0 Å². The highest BCUT2D eigenvalue weighted by molar-refractivity contribution is 6.32. The van der Waals surface area contributed by atoms with Crippen LogP contribution in [0.3, 0.4) is 0 Å². The fraction of sp³-hybridized carbons (Fsp3) is 0.611. The van der Waals surface area contributed by atoms with Crippen molar-refractivity contribution >= 4 is 17.5 Å². The van der Waals surface area contributed by atoms with E-state index in [2.05, 4.69) is 19.2 Å². The molecule has 0 aliphatic heterocycles. The molecule has 0 spiro atoms. The predicted octanol–water partition coefficient (Wildman–Crippen LogP) is 4.30. The van der Waals surface area contributed by atoms with Crippen molar-refractivity contribution in [3.8, 4) is 11.5 Å². The summed E-state index contributed by atoms with van der Waals surface area (Å²) in [4.78, 5) is 12.6. The molecule has 23 heavy (non-hydrogen) atoms. The van der Waals surface area contributed by atoms with Crippen LogP contribution >= 0.6 is 11.6 Å². The van der Waals surface area contributed by atoms with Crippen LogP contribution in [0.5, 0.6) is 11.5 Å². The van der Waals surface area contributed by atoms with Crippen LogP contribution in [-0.4, -0.2) is 25.7 Å². The number of rotatable bonds is 5. The minimum atomic E-state index is -0.112. The standard InChI is InChI=1S/C18H26ClNO3/c1-5-23-17-14(19)9-13(10-16(17)22-4)18(21)20-15-8-6-7-11(2)12(15)3/h9-12,15H,5-8H2,1-4H3,(H,20,21)/t11-,12+,15+/m1/s1. The Labute approximate surface area is 143 Å². The summed E-state index contributed by atoms with van der Waals surface area (Å²) in [5.41, 5.74) is 0.501. The van der Waals surface area contributed by atoms with Gasteiger partial charge in [0.15, 0.2) is 11.5 Å². The van der Waals surface area contributed by atoms with Crippen LogP contribution in [0.2, 0.25) is 5.02 Å². The first-order valence-corrected chi connectivity index (χ1v) is 8.66. The molecule has 0 aromatic heterocycles. The Morgan fingerprint density at radius 1 is 1.35 bits per heavy atom. The van der Waals surface area contributed by atoms with E-state index in [0.717, 1.165) is 12.8 Å². The van der Waals surface area contributed by atoms with Crippen molar-refractivity contribution in [2.24, 2.45) is 11.8 Å². The average Bonchev–Trinajstić information content (AvgIpc) is 2.53. The number of halogens is 1. The van der Waals surface area contributed by atoms with E-state index < -0.39 is 0 Å². The third-order valence-electron chi connectivity index (χ3n) is 4.80. The molecular formula is C18H26ClNO3. The Kier molecular flexibility index (Phi) is 6.17. The van der Waals surface area contributed by atoms with Gasteiger partial charge in [-0.1, -0.05) is 38.3 Å². The summed E-state index contributed by atoms with van der Waals surface area (Å²) < 4.78 is 10.8. The Morgan fingerprint density at radius 2 is 2.09 bits per heavy atom. The van der Waals surface area contributed by atoms with E-state index in [0.29, 0.717) is 40.5 Å². The third kappa shape index (κ3) is 4.11. The Hall–Kier alpha value is -1.42. The van der Waals surface area contributed by atoms with Gasteiger partial charge in [-0.15, -0.1) is 0 Å². The molecule has 5 heteroatoms. The Morgan fingerprint density at radius 3 is 2.74 bits per heavy atom. The molecule has 0 heterocycles. The predicted molar refractivity (Wildman–Crippen MR) is 92.6 cm³/mol. The molecule has 0 radical (unpaired) electrons. The van der Waals surface area contributed by atoms with Crippen LogP contribution < -0.4 is 14.8 Å². The van der Waals surface area contributed by atoms with E-state index in [-0.39, 0.29) is 11.9 Å². The van der Waals surface area contributed by atoms with E-state index in [1.165, 1.54) is 6.42 Å². The lowest BCUT2D eigenvalue weighted by Crippen LogP contribution is -2.43. The zero-order valence-corrected chi connectivity index (χ0v) is 15.1. The molecule has 4 nitrogen and oxygen atoms in total. The average molecular weight is 340 g/mol. The fourth-order valence-electron chi connectivity index (χ4n) is 3.17. The van der Waals surface area contributed by atoms with Gasteiger partial charge in [0.1, 0.15) is 0 Å². The minimum absolute atomic E-state index is 0.112. The van der Waals surface area contributed by atoms with Crippen molar-refractivity contribution in [2.45, 2.75) is 46.1 Å². The van der Waals surface area contributed by atoms with Gasteiger partial charge >= 0.3 is 0 Å². The van der Waals surface area contributed by atoms with Gasteiger partial charge in [-0.3, -0.25) is 4.79 Å². The maximum absolute atomic E-state index is 12.6. The second-order valence-corrected chi connectivity index (χ2v) is 6.68. The van der Waals surface area contributed by atoms with Gasteiger partial charge in [-0.2, -0.15) is 0 Å². The molecule has 1 aromatic rings. The summed E-state index contributed by atoms with van der Waals surface area (Å²) >= 11 is 6.25. The molecule has 1 N–H and O–H groups in total. The first kappa shape index (κ1) is 17.9. The second-order valence-electron chi connectivity index (χ2n) is 6.27. The number of hydrogen-bond donors (Lipinski definition) is 1. The smallest absolute Gasteiger partial charge is 0.251 e. The molecule has 0 bridgehead atoms. The first-order chi connectivity index (χ1) is 11.0. The van der Waals surface area contributed by atoms with Crippen molar-refractivity contribution < 1.29 is 14.3 Å². The van der Waals surface area contributed by atoms with Crippen molar-refractivity contribution in [1.29, 1.82) is 0 Å². The number of methoxy groups -OCH3 is 1. The fourth-order valence-corrected chi connectivity index (χ4v) is 3.44. The lowest BCUT2D eigenvalue weighted by molar-refractivity contribution is 0.0890. The monoisotopic (exact) mass is 339 g/mol. The number of hydrogen-bond acceptors (Lipinski definition) is 3. The summed E-state index contributed by atoms with van der Waals surface area (Å²) in [6.45, 7) is 6.82. The van der Waals surface area contributed by atoms with Gasteiger partial charge in [0.05, 0.1) is 18.7 Å². The van der Waals surface area contributed by atoms with Gasteiger partial charge in [-0.25, -0.2) is 0 Å². The molecule has 1 fully saturated rings. The summed E-state index contributed by atoms with van der Waals surface area (Å²) in [6, 6.07) is 3.53. The van der Waals surface area contributed by atoms with Crippen molar-refractivity contribution in [1.82, 2.24) is 5.32 Å². The first-order valence-electron chi connectivity index (χ1n) is 8.29. The summed E-state index contributed by atoms with van der Waals surface area (Å²) in [5.74, 6) is 1.96. The number of ether oxygens (including phenoxy) is 2. The van der Waals surface area contributed by atoms with Crippen LogP contribution in [0.15, 0.2) is 12.1 Å². The van der Waals surface area contributed by atoms with Crippen LogP contribution in [0, 0.1) is 11.8 Å². The summed E-state index contributed by atoms with van der Waals surface area (Å²) in [6.07, 6.45) is 3.42. The van der Waals surface area contributed by atoms with Gasteiger partial charge in [0.2, 0.25) is 0 Å². The molecule has 1 amide bonds. The van der Waals surface area contributed by atoms with Crippen molar-refractivity contribution in [2.75, 3.05) is 13.7 Å². The lowest BCUT2D eigenvalue weighted by Gasteiger charge is -2.34. The topological polar surface area (TPSA) is 47.6 Å². The maximum atomic E-state index is 12.6. The number of carbonyl (C=O) groups is 1. The van der Waals surface area contributed by atoms with E-state index in [9.17, 15) is 4.79 Å². The van der Waals surface area contributed by atoms with E-state index in [1.807, 2.05) is 6.92 Å². The van der Waals surface area contributed by atoms with Crippen LogP contribution in [0.4, 0.5) is 0 Å². The molecule has 128 valence electrons. The van der Waals surface area contributed by atoms with Crippen molar-refractivity contribution in [3.63, 3.8) is 0 Å². The molecular weight excluding hydrogens is 314 g/mol. The number of nitrogens with one attached hydrogen (secondary N) is 1. The normalized spacial score (nSPS) is 24.1. The third-order valence-corrected chi connectivity index (χ3v) is 5.08. The summed E-state index contributed by atoms with van der Waals surface area (Å²) in [5, 5.41) is 3.54. The summed E-state index contributed by atoms with van der Waals surface area (Å²) in [7, 11) is 1.54. The molecule has 3 atom stereocenters. The Bertz CT molecular complexity index is 561. The van der Waals surface area contributed by atoms with E-state index >= 15 is 0 Å². The molecule has 1 aromatic carbocycles. The highest BCUT2D eigenvalue weighted by Crippen LogP contribution is 2.36. The second kappa shape index (κ2) is 7.91. The molecule has 2 rings (SSSR count). The maximum Gasteiger partial charge on any atom is 0.251 e. The minimum Gasteiger partial charge on any atom is -0.493 e. The van der Waals surface area contributed by atoms with Crippen LogP contribution in [0.1, 0.15) is 50.4 Å². The number of carbonyl (C=O) groups excluding carboxylic acids is 1. The number of benzene rings is 1. The molecule has 1 aliphatic carbocycles. The quantitative estimate of drug-likeness (QED) is 0.869. The zero-order chi connectivity index (χ0) is 17.0. The molecule has 0 unspecified atom stereocenters. The van der Waals surface area contributed by atoms with Gasteiger partial charge < -0.3 is 14.8 Å².